The molecule has 1 unspecified atom stereocenters. The molecule has 0 aliphatic carbocycles. The highest BCUT2D eigenvalue weighted by Gasteiger charge is 2.37. The summed E-state index contributed by atoms with van der Waals surface area (Å²) >= 11 is 0. The number of ketones is 1. The lowest BCUT2D eigenvalue weighted by Gasteiger charge is -2.28. The molecule has 1 amide bonds. The SMILES string of the molecule is CC(C)C(=O)C1CCC(=O)N1C(C)C. The molecular weight excluding hydrogens is 178 g/mol. The van der Waals surface area contributed by atoms with Crippen LogP contribution in [0.3, 0.4) is 0 Å². The number of rotatable bonds is 3. The topological polar surface area (TPSA) is 37.4 Å². The van der Waals surface area contributed by atoms with Crippen LogP contribution < -0.4 is 0 Å². The van der Waals surface area contributed by atoms with Gasteiger partial charge in [0.15, 0.2) is 5.78 Å². The lowest BCUT2D eigenvalue weighted by Crippen LogP contribution is -2.44. The Labute approximate surface area is 85.5 Å². The summed E-state index contributed by atoms with van der Waals surface area (Å²) in [5.74, 6) is 0.343. The van der Waals surface area contributed by atoms with Crippen LogP contribution in [0.1, 0.15) is 40.5 Å². The van der Waals surface area contributed by atoms with E-state index in [-0.39, 0.29) is 29.7 Å². The van der Waals surface area contributed by atoms with Crippen LogP contribution in [-0.2, 0) is 9.59 Å². The van der Waals surface area contributed by atoms with Gasteiger partial charge in [0.1, 0.15) is 0 Å². The van der Waals surface area contributed by atoms with Gasteiger partial charge in [0, 0.05) is 18.4 Å². The van der Waals surface area contributed by atoms with Crippen molar-refractivity contribution >= 4 is 11.7 Å². The van der Waals surface area contributed by atoms with Gasteiger partial charge in [-0.3, -0.25) is 9.59 Å². The Morgan fingerprint density at radius 3 is 2.36 bits per heavy atom. The van der Waals surface area contributed by atoms with Crippen LogP contribution in [0.5, 0.6) is 0 Å². The minimum atomic E-state index is -0.164. The third kappa shape index (κ3) is 1.97. The van der Waals surface area contributed by atoms with Gasteiger partial charge in [0.25, 0.3) is 0 Å². The first-order valence-corrected chi connectivity index (χ1v) is 5.30. The van der Waals surface area contributed by atoms with E-state index in [9.17, 15) is 9.59 Å². The molecule has 1 aliphatic heterocycles. The number of amides is 1. The summed E-state index contributed by atoms with van der Waals surface area (Å²) in [4.78, 5) is 25.1. The summed E-state index contributed by atoms with van der Waals surface area (Å²) in [7, 11) is 0. The Bertz CT molecular complexity index is 246. The Morgan fingerprint density at radius 2 is 1.93 bits per heavy atom. The molecule has 1 heterocycles. The summed E-state index contributed by atoms with van der Waals surface area (Å²) in [6.07, 6.45) is 1.23. The van der Waals surface area contributed by atoms with Gasteiger partial charge in [-0.1, -0.05) is 13.8 Å². The van der Waals surface area contributed by atoms with E-state index in [2.05, 4.69) is 0 Å². The van der Waals surface area contributed by atoms with Crippen molar-refractivity contribution in [3.05, 3.63) is 0 Å². The first-order valence-electron chi connectivity index (χ1n) is 5.30. The third-order valence-corrected chi connectivity index (χ3v) is 2.71. The van der Waals surface area contributed by atoms with E-state index in [0.29, 0.717) is 12.8 Å². The van der Waals surface area contributed by atoms with Crippen LogP contribution in [0.2, 0.25) is 0 Å². The summed E-state index contributed by atoms with van der Waals surface area (Å²) < 4.78 is 0. The third-order valence-electron chi connectivity index (χ3n) is 2.71. The number of likely N-dealkylation sites (tertiary alicyclic amines) is 1. The zero-order valence-electron chi connectivity index (χ0n) is 9.41. The Balaban J connectivity index is 2.79. The average molecular weight is 197 g/mol. The smallest absolute Gasteiger partial charge is 0.223 e. The largest absolute Gasteiger partial charge is 0.330 e. The summed E-state index contributed by atoms with van der Waals surface area (Å²) in [5.41, 5.74) is 0. The van der Waals surface area contributed by atoms with E-state index >= 15 is 0 Å². The first-order chi connectivity index (χ1) is 6.45. The Morgan fingerprint density at radius 1 is 1.36 bits per heavy atom. The molecule has 14 heavy (non-hydrogen) atoms. The van der Waals surface area contributed by atoms with Crippen molar-refractivity contribution in [2.75, 3.05) is 0 Å². The molecule has 1 rings (SSSR count). The van der Waals surface area contributed by atoms with E-state index in [0.717, 1.165) is 0 Å². The maximum absolute atomic E-state index is 11.8. The second kappa shape index (κ2) is 4.11. The van der Waals surface area contributed by atoms with Crippen molar-refractivity contribution in [1.29, 1.82) is 0 Å². The van der Waals surface area contributed by atoms with Crippen LogP contribution >= 0.6 is 0 Å². The fraction of sp³-hybridized carbons (Fsp3) is 0.818. The Kier molecular flexibility index (Phi) is 3.29. The molecule has 1 saturated heterocycles. The second-order valence-electron chi connectivity index (χ2n) is 4.51. The van der Waals surface area contributed by atoms with Gasteiger partial charge in [-0.2, -0.15) is 0 Å². The minimum Gasteiger partial charge on any atom is -0.330 e. The van der Waals surface area contributed by atoms with Crippen molar-refractivity contribution in [1.82, 2.24) is 4.90 Å². The van der Waals surface area contributed by atoms with Crippen molar-refractivity contribution in [2.45, 2.75) is 52.6 Å². The molecule has 0 bridgehead atoms. The fourth-order valence-electron chi connectivity index (χ4n) is 2.01. The van der Waals surface area contributed by atoms with Crippen molar-refractivity contribution in [3.8, 4) is 0 Å². The van der Waals surface area contributed by atoms with E-state index in [4.69, 9.17) is 0 Å². The first kappa shape index (κ1) is 11.2. The minimum absolute atomic E-state index is 0.0205. The predicted octanol–water partition coefficient (Wildman–Crippen LogP) is 1.61. The van der Waals surface area contributed by atoms with Gasteiger partial charge in [0.2, 0.25) is 5.91 Å². The molecule has 0 aromatic rings. The molecule has 80 valence electrons. The number of nitrogens with zero attached hydrogens (tertiary/aromatic N) is 1. The lowest BCUT2D eigenvalue weighted by molar-refractivity contribution is -0.137. The van der Waals surface area contributed by atoms with E-state index in [1.165, 1.54) is 0 Å². The molecule has 0 spiro atoms. The number of carbonyl (C=O) groups is 2. The lowest BCUT2D eigenvalue weighted by atomic mass is 9.99. The van der Waals surface area contributed by atoms with Crippen LogP contribution in [0.15, 0.2) is 0 Å². The van der Waals surface area contributed by atoms with Crippen molar-refractivity contribution in [2.24, 2.45) is 5.92 Å². The number of hydrogen-bond acceptors (Lipinski definition) is 2. The maximum atomic E-state index is 11.8. The van der Waals surface area contributed by atoms with Crippen LogP contribution in [0.25, 0.3) is 0 Å². The molecule has 1 fully saturated rings. The fourth-order valence-corrected chi connectivity index (χ4v) is 2.01. The number of hydrogen-bond donors (Lipinski definition) is 0. The second-order valence-corrected chi connectivity index (χ2v) is 4.51. The normalized spacial score (nSPS) is 22.6. The van der Waals surface area contributed by atoms with Gasteiger partial charge < -0.3 is 4.90 Å². The van der Waals surface area contributed by atoms with E-state index in [1.54, 1.807) is 4.90 Å². The summed E-state index contributed by atoms with van der Waals surface area (Å²) in [6, 6.07) is -0.0276. The predicted molar refractivity (Wildman–Crippen MR) is 54.8 cm³/mol. The highest BCUT2D eigenvalue weighted by atomic mass is 16.2. The van der Waals surface area contributed by atoms with E-state index in [1.807, 2.05) is 27.7 Å². The summed E-state index contributed by atoms with van der Waals surface area (Å²) in [5, 5.41) is 0. The number of carbonyl (C=O) groups excluding carboxylic acids is 2. The molecule has 1 aliphatic rings. The standard InChI is InChI=1S/C11H19NO2/c1-7(2)11(14)9-5-6-10(13)12(9)8(3)4/h7-9H,5-6H2,1-4H3. The molecule has 0 aromatic heterocycles. The van der Waals surface area contributed by atoms with Gasteiger partial charge in [-0.15, -0.1) is 0 Å². The zero-order valence-corrected chi connectivity index (χ0v) is 9.41. The molecule has 0 N–H and O–H groups in total. The van der Waals surface area contributed by atoms with Gasteiger partial charge in [0.05, 0.1) is 6.04 Å². The van der Waals surface area contributed by atoms with E-state index < -0.39 is 0 Å². The molecule has 3 nitrogen and oxygen atoms in total. The van der Waals surface area contributed by atoms with Gasteiger partial charge in [-0.05, 0) is 20.3 Å². The molecule has 0 saturated carbocycles. The van der Waals surface area contributed by atoms with Crippen LogP contribution in [-0.4, -0.2) is 28.7 Å². The molecule has 0 radical (unpaired) electrons. The maximum Gasteiger partial charge on any atom is 0.223 e. The van der Waals surface area contributed by atoms with Crippen molar-refractivity contribution < 1.29 is 9.59 Å². The quantitative estimate of drug-likeness (QED) is 0.689. The van der Waals surface area contributed by atoms with Crippen LogP contribution in [0.4, 0.5) is 0 Å². The highest BCUT2D eigenvalue weighted by Crippen LogP contribution is 2.24. The summed E-state index contributed by atoms with van der Waals surface area (Å²) in [6.45, 7) is 7.71. The van der Waals surface area contributed by atoms with Gasteiger partial charge >= 0.3 is 0 Å². The Hall–Kier alpha value is -0.860. The highest BCUT2D eigenvalue weighted by molar-refractivity contribution is 5.93. The molecule has 1 atom stereocenters. The van der Waals surface area contributed by atoms with Crippen LogP contribution in [0, 0.1) is 5.92 Å². The number of Topliss-reactive ketones (excluding diaryl/α,β-unsaturated/α-hetero) is 1. The molecule has 0 aromatic carbocycles. The molecular formula is C11H19NO2. The zero-order chi connectivity index (χ0) is 10.9. The van der Waals surface area contributed by atoms with Gasteiger partial charge in [-0.25, -0.2) is 0 Å². The average Bonchev–Trinajstić information content (AvgIpc) is 2.45. The molecule has 3 heteroatoms. The van der Waals surface area contributed by atoms with Crippen molar-refractivity contribution in [3.63, 3.8) is 0 Å². The monoisotopic (exact) mass is 197 g/mol.